The van der Waals surface area contributed by atoms with Gasteiger partial charge in [-0.25, -0.2) is 0 Å². The van der Waals surface area contributed by atoms with E-state index >= 15 is 0 Å². The van der Waals surface area contributed by atoms with Crippen LogP contribution in [0.1, 0.15) is 41.9 Å². The molecule has 0 unspecified atom stereocenters. The summed E-state index contributed by atoms with van der Waals surface area (Å²) in [5.74, 6) is 0. The van der Waals surface area contributed by atoms with E-state index in [9.17, 15) is 10.2 Å². The number of benzene rings is 4. The fourth-order valence-corrected chi connectivity index (χ4v) is 4.07. The van der Waals surface area contributed by atoms with Crippen molar-refractivity contribution >= 4 is 10.8 Å². The normalized spacial score (nSPS) is 14.5. The first-order chi connectivity index (χ1) is 15.1. The lowest BCUT2D eigenvalue weighted by Gasteiger charge is -2.33. The Morgan fingerprint density at radius 2 is 1.06 bits per heavy atom. The van der Waals surface area contributed by atoms with Gasteiger partial charge in [0.2, 0.25) is 0 Å². The standard InChI is InChI=1S/C28H29NO2/c1-21(25-17-16-22-10-8-9-15-26(22)18-25)29(19-27(30)23-11-4-2-5-12-23)20-28(31)24-13-6-3-7-14-24/h2-18,21,27-28,30-31H,19-20H2,1H3/t21-,27+,28+/m1/s1. The molecule has 0 aliphatic carbocycles. The molecule has 0 saturated heterocycles. The lowest BCUT2D eigenvalue weighted by atomic mass is 9.99. The molecule has 0 bridgehead atoms. The van der Waals surface area contributed by atoms with E-state index in [4.69, 9.17) is 0 Å². The van der Waals surface area contributed by atoms with Gasteiger partial charge in [-0.1, -0.05) is 97.1 Å². The van der Waals surface area contributed by atoms with Crippen LogP contribution in [0.4, 0.5) is 0 Å². The Morgan fingerprint density at radius 1 is 0.581 bits per heavy atom. The molecule has 0 aromatic heterocycles. The van der Waals surface area contributed by atoms with E-state index in [-0.39, 0.29) is 6.04 Å². The summed E-state index contributed by atoms with van der Waals surface area (Å²) in [5.41, 5.74) is 2.93. The van der Waals surface area contributed by atoms with Gasteiger partial charge in [0, 0.05) is 19.1 Å². The fraction of sp³-hybridized carbons (Fsp3) is 0.214. The van der Waals surface area contributed by atoms with Crippen molar-refractivity contribution in [1.29, 1.82) is 0 Å². The zero-order valence-corrected chi connectivity index (χ0v) is 17.8. The fourth-order valence-electron chi connectivity index (χ4n) is 4.07. The Hall–Kier alpha value is -2.98. The van der Waals surface area contributed by atoms with Gasteiger partial charge in [0.15, 0.2) is 0 Å². The summed E-state index contributed by atoms with van der Waals surface area (Å²) < 4.78 is 0. The zero-order valence-electron chi connectivity index (χ0n) is 17.8. The van der Waals surface area contributed by atoms with Crippen molar-refractivity contribution in [1.82, 2.24) is 4.90 Å². The summed E-state index contributed by atoms with van der Waals surface area (Å²) in [6, 6.07) is 34.3. The van der Waals surface area contributed by atoms with Crippen LogP contribution in [0.3, 0.4) is 0 Å². The third kappa shape index (κ3) is 5.20. The molecule has 3 heteroatoms. The van der Waals surface area contributed by atoms with Gasteiger partial charge < -0.3 is 10.2 Å². The van der Waals surface area contributed by atoms with Crippen LogP contribution in [0, 0.1) is 0 Å². The third-order valence-corrected chi connectivity index (χ3v) is 5.99. The van der Waals surface area contributed by atoms with E-state index in [0.29, 0.717) is 13.1 Å². The number of aliphatic hydroxyl groups is 2. The number of nitrogens with zero attached hydrogens (tertiary/aromatic N) is 1. The largest absolute Gasteiger partial charge is 0.387 e. The Kier molecular flexibility index (Phi) is 6.78. The van der Waals surface area contributed by atoms with Gasteiger partial charge in [-0.2, -0.15) is 0 Å². The van der Waals surface area contributed by atoms with Crippen LogP contribution >= 0.6 is 0 Å². The number of fused-ring (bicyclic) bond motifs is 1. The zero-order chi connectivity index (χ0) is 21.6. The molecule has 2 N–H and O–H groups in total. The van der Waals surface area contributed by atoms with Crippen molar-refractivity contribution in [3.8, 4) is 0 Å². The molecule has 0 aliphatic rings. The maximum Gasteiger partial charge on any atom is 0.0917 e. The van der Waals surface area contributed by atoms with Crippen LogP contribution in [0.25, 0.3) is 10.8 Å². The molecule has 3 nitrogen and oxygen atoms in total. The maximum absolute atomic E-state index is 10.9. The molecule has 0 amide bonds. The Morgan fingerprint density at radius 3 is 1.61 bits per heavy atom. The molecule has 31 heavy (non-hydrogen) atoms. The van der Waals surface area contributed by atoms with Crippen molar-refractivity contribution in [2.75, 3.05) is 13.1 Å². The first kappa shape index (κ1) is 21.3. The highest BCUT2D eigenvalue weighted by Gasteiger charge is 2.23. The monoisotopic (exact) mass is 411 g/mol. The average Bonchev–Trinajstić information content (AvgIpc) is 2.83. The van der Waals surface area contributed by atoms with Gasteiger partial charge >= 0.3 is 0 Å². The van der Waals surface area contributed by atoms with E-state index in [1.165, 1.54) is 16.3 Å². The van der Waals surface area contributed by atoms with E-state index in [1.54, 1.807) is 0 Å². The topological polar surface area (TPSA) is 43.7 Å². The summed E-state index contributed by atoms with van der Waals surface area (Å²) >= 11 is 0. The summed E-state index contributed by atoms with van der Waals surface area (Å²) in [5, 5.41) is 24.2. The minimum atomic E-state index is -0.632. The minimum Gasteiger partial charge on any atom is -0.387 e. The van der Waals surface area contributed by atoms with Crippen LogP contribution in [0.2, 0.25) is 0 Å². The Balaban J connectivity index is 1.61. The molecular weight excluding hydrogens is 382 g/mol. The molecular formula is C28H29NO2. The van der Waals surface area contributed by atoms with Crippen LogP contribution in [-0.4, -0.2) is 28.2 Å². The first-order valence-corrected chi connectivity index (χ1v) is 10.8. The summed E-state index contributed by atoms with van der Waals surface area (Å²) in [7, 11) is 0. The van der Waals surface area contributed by atoms with Gasteiger partial charge in [0.05, 0.1) is 12.2 Å². The molecule has 0 saturated carbocycles. The summed E-state index contributed by atoms with van der Waals surface area (Å²) in [6.07, 6.45) is -1.26. The van der Waals surface area contributed by atoms with Gasteiger partial charge in [-0.3, -0.25) is 4.90 Å². The van der Waals surface area contributed by atoms with E-state index in [1.807, 2.05) is 72.8 Å². The van der Waals surface area contributed by atoms with E-state index in [0.717, 1.165) is 11.1 Å². The quantitative estimate of drug-likeness (QED) is 0.393. The van der Waals surface area contributed by atoms with Crippen molar-refractivity contribution in [3.63, 3.8) is 0 Å². The predicted octanol–water partition coefficient (Wildman–Crippen LogP) is 5.67. The highest BCUT2D eigenvalue weighted by Crippen LogP contribution is 2.28. The average molecular weight is 412 g/mol. The second kappa shape index (κ2) is 9.88. The molecule has 0 aliphatic heterocycles. The van der Waals surface area contributed by atoms with Crippen molar-refractivity contribution in [2.45, 2.75) is 25.2 Å². The predicted molar refractivity (Wildman–Crippen MR) is 127 cm³/mol. The second-order valence-corrected chi connectivity index (χ2v) is 8.09. The number of aliphatic hydroxyl groups excluding tert-OH is 2. The van der Waals surface area contributed by atoms with Gasteiger partial charge in [0.1, 0.15) is 0 Å². The van der Waals surface area contributed by atoms with E-state index < -0.39 is 12.2 Å². The number of hydrogen-bond donors (Lipinski definition) is 2. The van der Waals surface area contributed by atoms with Crippen LogP contribution < -0.4 is 0 Å². The summed E-state index contributed by atoms with van der Waals surface area (Å²) in [6.45, 7) is 3.00. The number of rotatable bonds is 8. The van der Waals surface area contributed by atoms with Crippen LogP contribution in [0.15, 0.2) is 103 Å². The van der Waals surface area contributed by atoms with Gasteiger partial charge in [-0.15, -0.1) is 0 Å². The minimum absolute atomic E-state index is 0.0290. The van der Waals surface area contributed by atoms with E-state index in [2.05, 4.69) is 42.2 Å². The van der Waals surface area contributed by atoms with Crippen molar-refractivity contribution in [2.24, 2.45) is 0 Å². The summed E-state index contributed by atoms with van der Waals surface area (Å²) in [4.78, 5) is 2.17. The Labute approximate surface area is 184 Å². The molecule has 0 heterocycles. The second-order valence-electron chi connectivity index (χ2n) is 8.09. The van der Waals surface area contributed by atoms with Crippen LogP contribution in [0.5, 0.6) is 0 Å². The lowest BCUT2D eigenvalue weighted by molar-refractivity contribution is 0.0478. The highest BCUT2D eigenvalue weighted by molar-refractivity contribution is 5.83. The molecule has 0 fully saturated rings. The highest BCUT2D eigenvalue weighted by atomic mass is 16.3. The molecule has 4 rings (SSSR count). The van der Waals surface area contributed by atoms with Crippen LogP contribution in [-0.2, 0) is 0 Å². The SMILES string of the molecule is C[C@H](c1ccc2ccccc2c1)N(C[C@H](O)c1ccccc1)C[C@H](O)c1ccccc1. The first-order valence-electron chi connectivity index (χ1n) is 10.8. The van der Waals surface area contributed by atoms with Gasteiger partial charge in [0.25, 0.3) is 0 Å². The van der Waals surface area contributed by atoms with Crippen molar-refractivity contribution < 1.29 is 10.2 Å². The smallest absolute Gasteiger partial charge is 0.0917 e. The molecule has 4 aromatic rings. The maximum atomic E-state index is 10.9. The molecule has 0 spiro atoms. The number of hydrogen-bond acceptors (Lipinski definition) is 3. The third-order valence-electron chi connectivity index (χ3n) is 5.99. The molecule has 158 valence electrons. The Bertz CT molecular complexity index is 1050. The van der Waals surface area contributed by atoms with Gasteiger partial charge in [-0.05, 0) is 40.5 Å². The molecule has 3 atom stereocenters. The molecule has 4 aromatic carbocycles. The van der Waals surface area contributed by atoms with Crippen molar-refractivity contribution in [3.05, 3.63) is 120 Å². The molecule has 0 radical (unpaired) electrons. The lowest BCUT2D eigenvalue weighted by Crippen LogP contribution is -2.35.